The fourth-order valence-corrected chi connectivity index (χ4v) is 4.00. The van der Waals surface area contributed by atoms with E-state index < -0.39 is 36.9 Å². The summed E-state index contributed by atoms with van der Waals surface area (Å²) in [5, 5.41) is 18.7. The molecule has 0 spiro atoms. The lowest BCUT2D eigenvalue weighted by Crippen LogP contribution is -2.44. The highest BCUT2D eigenvalue weighted by atomic mass is 16.7. The van der Waals surface area contributed by atoms with Crippen molar-refractivity contribution in [3.8, 4) is 0 Å². The van der Waals surface area contributed by atoms with E-state index >= 15 is 0 Å². The number of anilines is 1. The predicted molar refractivity (Wildman–Crippen MR) is 111 cm³/mol. The number of carbonyl (C=O) groups excluding carboxylic acids is 1. The van der Waals surface area contributed by atoms with Crippen LogP contribution in [0.1, 0.15) is 47.0 Å². The van der Waals surface area contributed by atoms with Crippen molar-refractivity contribution < 1.29 is 24.3 Å². The molecule has 0 bridgehead atoms. The van der Waals surface area contributed by atoms with Gasteiger partial charge in [-0.15, -0.1) is 0 Å². The van der Waals surface area contributed by atoms with Crippen LogP contribution in [0.4, 0.5) is 5.95 Å². The number of rotatable bonds is 6. The van der Waals surface area contributed by atoms with Gasteiger partial charge in [0.15, 0.2) is 6.10 Å². The first-order valence-electron chi connectivity index (χ1n) is 10.7. The number of hydrogen-bond acceptors (Lipinski definition) is 8. The van der Waals surface area contributed by atoms with Crippen LogP contribution in [-0.2, 0) is 14.1 Å². The van der Waals surface area contributed by atoms with E-state index in [9.17, 15) is 9.90 Å². The van der Waals surface area contributed by atoms with Gasteiger partial charge in [-0.25, -0.2) is 9.97 Å². The van der Waals surface area contributed by atoms with E-state index in [-0.39, 0.29) is 6.04 Å². The highest BCUT2D eigenvalue weighted by Gasteiger charge is 2.52. The van der Waals surface area contributed by atoms with Crippen LogP contribution in [0.3, 0.4) is 0 Å². The second kappa shape index (κ2) is 7.74. The van der Waals surface area contributed by atoms with Crippen LogP contribution in [-0.4, -0.2) is 87.2 Å². The molecule has 3 fully saturated rings. The third-order valence-electron chi connectivity index (χ3n) is 6.68. The first-order valence-corrected chi connectivity index (χ1v) is 10.7. The van der Waals surface area contributed by atoms with Gasteiger partial charge in [0, 0.05) is 37.0 Å². The first-order chi connectivity index (χ1) is 14.1. The van der Waals surface area contributed by atoms with Gasteiger partial charge in [0.1, 0.15) is 0 Å². The largest absolute Gasteiger partial charge is 0.498 e. The summed E-state index contributed by atoms with van der Waals surface area (Å²) >= 11 is 0. The van der Waals surface area contributed by atoms with Gasteiger partial charge in [-0.2, -0.15) is 0 Å². The molecule has 3 aliphatic rings. The van der Waals surface area contributed by atoms with E-state index in [0.717, 1.165) is 24.7 Å². The number of amides is 1. The lowest BCUT2D eigenvalue weighted by molar-refractivity contribution is -0.141. The van der Waals surface area contributed by atoms with Crippen molar-refractivity contribution in [2.24, 2.45) is 0 Å². The minimum atomic E-state index is -1.35. The molecule has 3 heterocycles. The third kappa shape index (κ3) is 3.93. The normalized spacial score (nSPS) is 26.1. The monoisotopic (exact) mass is 418 g/mol. The molecule has 30 heavy (non-hydrogen) atoms. The maximum absolute atomic E-state index is 12.2. The average Bonchev–Trinajstić information content (AvgIpc) is 3.36. The lowest BCUT2D eigenvalue weighted by atomic mass is 9.81. The summed E-state index contributed by atoms with van der Waals surface area (Å²) in [6.45, 7) is 8.53. The topological polar surface area (TPSA) is 108 Å². The molecule has 1 aromatic rings. The van der Waals surface area contributed by atoms with Crippen molar-refractivity contribution in [3.63, 3.8) is 0 Å². The Morgan fingerprint density at radius 1 is 1.20 bits per heavy atom. The fraction of sp³-hybridized carbons (Fsp3) is 0.750. The Bertz CT molecular complexity index is 770. The molecular weight excluding hydrogens is 387 g/mol. The van der Waals surface area contributed by atoms with Crippen molar-refractivity contribution in [3.05, 3.63) is 12.4 Å². The summed E-state index contributed by atoms with van der Waals surface area (Å²) in [6, 6.07) is 0.463. The summed E-state index contributed by atoms with van der Waals surface area (Å²) in [5.41, 5.74) is -0.0625. The summed E-state index contributed by atoms with van der Waals surface area (Å²) in [4.78, 5) is 25.2. The Hall–Kier alpha value is -1.75. The van der Waals surface area contributed by atoms with Crippen LogP contribution in [0.2, 0.25) is 0 Å². The molecule has 0 radical (unpaired) electrons. The molecule has 2 atom stereocenters. The molecule has 10 heteroatoms. The number of likely N-dealkylation sites (tertiary alicyclic amines) is 1. The minimum absolute atomic E-state index is 0.0926. The molecule has 0 unspecified atom stereocenters. The maximum atomic E-state index is 12.2. The molecule has 2 N–H and O–H groups in total. The Labute approximate surface area is 177 Å². The third-order valence-corrected chi connectivity index (χ3v) is 6.68. The standard InChI is InChI=1S/C20H31BN4O5/c1-19(2)20(3,4)30-21(29-19)13-9-22-18(23-10-13)25(14-5-6-14)15-7-8-24(11-15)17(28)16(27)12-26/h9-10,14-16,26-27H,5-8,11-12H2,1-4H3/t15-,16+/m0/s1. The average molecular weight is 418 g/mol. The summed E-state index contributed by atoms with van der Waals surface area (Å²) in [7, 11) is -0.502. The Morgan fingerprint density at radius 3 is 2.33 bits per heavy atom. The Balaban J connectivity index is 1.47. The van der Waals surface area contributed by atoms with Crippen molar-refractivity contribution >= 4 is 24.4 Å². The Kier molecular flexibility index (Phi) is 5.55. The molecular formula is C20H31BN4O5. The van der Waals surface area contributed by atoms with Crippen molar-refractivity contribution in [1.82, 2.24) is 14.9 Å². The molecule has 0 aromatic carbocycles. The van der Waals surface area contributed by atoms with Gasteiger partial charge in [0.05, 0.1) is 23.9 Å². The number of aliphatic hydroxyl groups excluding tert-OH is 2. The summed E-state index contributed by atoms with van der Waals surface area (Å²) < 4.78 is 12.2. The number of nitrogens with zero attached hydrogens (tertiary/aromatic N) is 4. The van der Waals surface area contributed by atoms with Crippen molar-refractivity contribution in [2.45, 2.75) is 76.3 Å². The maximum Gasteiger partial charge on any atom is 0.498 e. The molecule has 2 aliphatic heterocycles. The van der Waals surface area contributed by atoms with E-state index in [0.29, 0.717) is 25.1 Å². The predicted octanol–water partition coefficient (Wildman–Crippen LogP) is -0.301. The second-order valence-corrected chi connectivity index (χ2v) is 9.47. The molecule has 1 amide bonds. The molecule has 1 aromatic heterocycles. The van der Waals surface area contributed by atoms with Gasteiger partial charge < -0.3 is 29.3 Å². The molecule has 1 aliphatic carbocycles. The van der Waals surface area contributed by atoms with Gasteiger partial charge in [-0.05, 0) is 47.0 Å². The second-order valence-electron chi connectivity index (χ2n) is 9.47. The summed E-state index contributed by atoms with van der Waals surface area (Å²) in [6.07, 6.45) is 5.09. The SMILES string of the molecule is CC1(C)OB(c2cnc(N(C3CC3)[C@H]3CCN(C(=O)[C@H](O)CO)C3)nc2)OC1(C)C. The zero-order valence-electron chi connectivity index (χ0n) is 18.1. The van der Waals surface area contributed by atoms with E-state index in [1.807, 2.05) is 27.7 Å². The van der Waals surface area contributed by atoms with E-state index in [1.54, 1.807) is 17.3 Å². The molecule has 4 rings (SSSR count). The van der Waals surface area contributed by atoms with Gasteiger partial charge in [0.25, 0.3) is 5.91 Å². The number of carbonyl (C=O) groups is 1. The van der Waals surface area contributed by atoms with Crippen LogP contribution >= 0.6 is 0 Å². The quantitative estimate of drug-likeness (QED) is 0.607. The molecule has 2 saturated heterocycles. The highest BCUT2D eigenvalue weighted by molar-refractivity contribution is 6.61. The zero-order valence-corrected chi connectivity index (χ0v) is 18.1. The van der Waals surface area contributed by atoms with Gasteiger partial charge >= 0.3 is 7.12 Å². The number of aliphatic hydroxyl groups is 2. The van der Waals surface area contributed by atoms with Crippen molar-refractivity contribution in [2.75, 3.05) is 24.6 Å². The minimum Gasteiger partial charge on any atom is -0.399 e. The van der Waals surface area contributed by atoms with E-state index in [4.69, 9.17) is 14.4 Å². The zero-order chi connectivity index (χ0) is 21.7. The van der Waals surface area contributed by atoms with Gasteiger partial charge in [0.2, 0.25) is 5.95 Å². The lowest BCUT2D eigenvalue weighted by Gasteiger charge is -2.32. The highest BCUT2D eigenvalue weighted by Crippen LogP contribution is 2.37. The number of hydrogen-bond donors (Lipinski definition) is 2. The van der Waals surface area contributed by atoms with Crippen LogP contribution in [0, 0.1) is 0 Å². The summed E-state index contributed by atoms with van der Waals surface area (Å²) in [5.74, 6) is 0.215. The van der Waals surface area contributed by atoms with Crippen LogP contribution in [0.15, 0.2) is 12.4 Å². The van der Waals surface area contributed by atoms with Crippen molar-refractivity contribution in [1.29, 1.82) is 0 Å². The van der Waals surface area contributed by atoms with Crippen LogP contribution in [0.25, 0.3) is 0 Å². The Morgan fingerprint density at radius 2 is 1.80 bits per heavy atom. The molecule has 164 valence electrons. The first kappa shape index (κ1) is 21.5. The smallest absolute Gasteiger partial charge is 0.399 e. The fourth-order valence-electron chi connectivity index (χ4n) is 4.00. The van der Waals surface area contributed by atoms with Crippen LogP contribution < -0.4 is 10.4 Å². The number of aromatic nitrogens is 2. The molecule has 9 nitrogen and oxygen atoms in total. The van der Waals surface area contributed by atoms with Gasteiger partial charge in [-0.1, -0.05) is 0 Å². The molecule has 1 saturated carbocycles. The van der Waals surface area contributed by atoms with Gasteiger partial charge in [-0.3, -0.25) is 4.79 Å². The van der Waals surface area contributed by atoms with E-state index in [2.05, 4.69) is 14.9 Å². The van der Waals surface area contributed by atoms with E-state index in [1.165, 1.54) is 0 Å². The van der Waals surface area contributed by atoms with Crippen LogP contribution in [0.5, 0.6) is 0 Å².